The van der Waals surface area contributed by atoms with Gasteiger partial charge in [0, 0.05) is 48.6 Å². The first kappa shape index (κ1) is 16.9. The van der Waals surface area contributed by atoms with Gasteiger partial charge in [0.15, 0.2) is 0 Å². The normalized spacial score (nSPS) is 22.4. The van der Waals surface area contributed by atoms with Crippen molar-refractivity contribution in [1.29, 1.82) is 0 Å². The summed E-state index contributed by atoms with van der Waals surface area (Å²) >= 11 is 3.44. The van der Waals surface area contributed by atoms with Gasteiger partial charge in [-0.2, -0.15) is 0 Å². The zero-order valence-electron chi connectivity index (χ0n) is 14.8. The van der Waals surface area contributed by atoms with Crippen LogP contribution in [-0.4, -0.2) is 51.2 Å². The largest absolute Gasteiger partial charge is 0.392 e. The van der Waals surface area contributed by atoms with E-state index >= 15 is 0 Å². The third-order valence-electron chi connectivity index (χ3n) is 5.81. The highest BCUT2D eigenvalue weighted by atomic mass is 79.9. The van der Waals surface area contributed by atoms with Gasteiger partial charge in [-0.1, -0.05) is 0 Å². The summed E-state index contributed by atoms with van der Waals surface area (Å²) in [6, 6.07) is 4.01. The zero-order valence-corrected chi connectivity index (χ0v) is 16.4. The summed E-state index contributed by atoms with van der Waals surface area (Å²) in [6.45, 7) is 3.97. The number of piperidine rings is 1. The number of aliphatic hydroxyl groups excluding tert-OH is 1. The number of halogens is 1. The van der Waals surface area contributed by atoms with Crippen molar-refractivity contribution in [1.82, 2.24) is 19.9 Å². The van der Waals surface area contributed by atoms with Gasteiger partial charge >= 0.3 is 0 Å². The predicted octanol–water partition coefficient (Wildman–Crippen LogP) is 2.57. The number of nitrogens with zero attached hydrogens (tertiary/aromatic N) is 5. The van der Waals surface area contributed by atoms with Gasteiger partial charge in [-0.3, -0.25) is 0 Å². The van der Waals surface area contributed by atoms with E-state index in [2.05, 4.69) is 51.7 Å². The van der Waals surface area contributed by atoms with Crippen molar-refractivity contribution < 1.29 is 5.11 Å². The Kier molecular flexibility index (Phi) is 4.24. The Bertz CT molecular complexity index is 976. The Morgan fingerprint density at radius 2 is 1.96 bits per heavy atom. The van der Waals surface area contributed by atoms with Crippen LogP contribution in [0.1, 0.15) is 12.0 Å². The van der Waals surface area contributed by atoms with E-state index in [1.165, 1.54) is 0 Å². The van der Waals surface area contributed by atoms with Crippen molar-refractivity contribution in [2.45, 2.75) is 13.0 Å². The van der Waals surface area contributed by atoms with Crippen molar-refractivity contribution >= 4 is 38.6 Å². The number of nitrogens with one attached hydrogen (secondary N) is 1. The van der Waals surface area contributed by atoms with E-state index in [0.717, 1.165) is 65.3 Å². The molecule has 27 heavy (non-hydrogen) atoms. The van der Waals surface area contributed by atoms with Crippen LogP contribution in [0.3, 0.4) is 0 Å². The van der Waals surface area contributed by atoms with Gasteiger partial charge in [-0.05, 0) is 46.3 Å². The molecule has 2 N–H and O–H groups in total. The van der Waals surface area contributed by atoms with E-state index < -0.39 is 0 Å². The van der Waals surface area contributed by atoms with Gasteiger partial charge in [-0.25, -0.2) is 15.0 Å². The van der Waals surface area contributed by atoms with Gasteiger partial charge in [0.05, 0.1) is 12.0 Å². The first-order valence-electron chi connectivity index (χ1n) is 9.26. The molecule has 5 heterocycles. The third-order valence-corrected chi connectivity index (χ3v) is 6.25. The van der Waals surface area contributed by atoms with Crippen LogP contribution in [0.4, 0.5) is 11.6 Å². The molecule has 7 nitrogen and oxygen atoms in total. The average Bonchev–Trinajstić information content (AvgIpc) is 3.33. The van der Waals surface area contributed by atoms with Crippen LogP contribution in [0.2, 0.25) is 0 Å². The highest BCUT2D eigenvalue weighted by molar-refractivity contribution is 9.10. The van der Waals surface area contributed by atoms with Gasteiger partial charge in [-0.15, -0.1) is 0 Å². The summed E-state index contributed by atoms with van der Waals surface area (Å²) in [5, 5.41) is 10.8. The molecule has 8 heteroatoms. The molecule has 0 aliphatic carbocycles. The second kappa shape index (κ2) is 6.76. The number of aromatic amines is 1. The fraction of sp³-hybridized carbons (Fsp3) is 0.421. The number of aromatic nitrogens is 4. The Hall–Kier alpha value is -2.19. The van der Waals surface area contributed by atoms with Crippen molar-refractivity contribution in [3.05, 3.63) is 40.9 Å². The lowest BCUT2D eigenvalue weighted by atomic mass is 9.88. The minimum Gasteiger partial charge on any atom is -0.392 e. The Labute approximate surface area is 165 Å². The molecule has 2 fully saturated rings. The minimum absolute atomic E-state index is 0.00609. The monoisotopic (exact) mass is 428 g/mol. The number of anilines is 2. The van der Waals surface area contributed by atoms with Crippen molar-refractivity contribution in [3.63, 3.8) is 0 Å². The fourth-order valence-electron chi connectivity index (χ4n) is 4.52. The lowest BCUT2D eigenvalue weighted by Gasteiger charge is -2.35. The zero-order chi connectivity index (χ0) is 18.4. The summed E-state index contributed by atoms with van der Waals surface area (Å²) in [7, 11) is 0. The molecule has 0 amide bonds. The molecule has 2 unspecified atom stereocenters. The van der Waals surface area contributed by atoms with Crippen LogP contribution in [-0.2, 0) is 6.61 Å². The van der Waals surface area contributed by atoms with Gasteiger partial charge < -0.3 is 19.9 Å². The maximum absolute atomic E-state index is 9.72. The number of hydrogen-bond acceptors (Lipinski definition) is 6. The molecule has 3 aromatic heterocycles. The van der Waals surface area contributed by atoms with Crippen molar-refractivity contribution in [3.8, 4) is 0 Å². The average molecular weight is 429 g/mol. The summed E-state index contributed by atoms with van der Waals surface area (Å²) in [4.78, 5) is 21.3. The Morgan fingerprint density at radius 1 is 1.11 bits per heavy atom. The quantitative estimate of drug-likeness (QED) is 0.666. The molecule has 5 rings (SSSR count). The minimum atomic E-state index is 0.00609. The lowest BCUT2D eigenvalue weighted by molar-refractivity contribution is 0.281. The number of fused-ring (bicyclic) bond motifs is 2. The summed E-state index contributed by atoms with van der Waals surface area (Å²) < 4.78 is 0.900. The molecular formula is C19H21BrN6O. The van der Waals surface area contributed by atoms with E-state index in [9.17, 15) is 5.11 Å². The maximum Gasteiger partial charge on any atom is 0.142 e. The molecule has 0 radical (unpaired) electrons. The Balaban J connectivity index is 1.38. The molecule has 0 saturated carbocycles. The molecule has 0 spiro atoms. The maximum atomic E-state index is 9.72. The molecule has 140 valence electrons. The van der Waals surface area contributed by atoms with E-state index in [4.69, 9.17) is 0 Å². The molecule has 2 aliphatic heterocycles. The Morgan fingerprint density at radius 3 is 2.85 bits per heavy atom. The summed E-state index contributed by atoms with van der Waals surface area (Å²) in [5.74, 6) is 3.16. The second-order valence-electron chi connectivity index (χ2n) is 7.39. The molecular weight excluding hydrogens is 408 g/mol. The number of aliphatic hydroxyl groups is 1. The van der Waals surface area contributed by atoms with Crippen molar-refractivity contribution in [2.75, 3.05) is 36.0 Å². The highest BCUT2D eigenvalue weighted by Crippen LogP contribution is 2.37. The predicted molar refractivity (Wildman–Crippen MR) is 108 cm³/mol. The summed E-state index contributed by atoms with van der Waals surface area (Å²) in [6.07, 6.45) is 6.51. The SMILES string of the molecule is OCc1cc(Br)cnc1N1CC2CCN(c3ncnc4[nH]ccc34)CC2C1. The van der Waals surface area contributed by atoms with E-state index in [1.54, 1.807) is 6.33 Å². The number of hydrogen-bond donors (Lipinski definition) is 2. The first-order valence-corrected chi connectivity index (χ1v) is 10.1. The van der Waals surface area contributed by atoms with Crippen LogP contribution < -0.4 is 9.80 Å². The lowest BCUT2D eigenvalue weighted by Crippen LogP contribution is -2.40. The van der Waals surface area contributed by atoms with E-state index in [0.29, 0.717) is 11.8 Å². The topological polar surface area (TPSA) is 81.2 Å². The standard InChI is InChI=1S/C19H21BrN6O/c20-15-5-13(10-27)18(22-6-15)26-7-12-2-4-25(8-14(12)9-26)19-16-1-3-21-17(16)23-11-24-19/h1,3,5-6,11-12,14,27H,2,4,7-10H2,(H,21,23,24). The highest BCUT2D eigenvalue weighted by Gasteiger charge is 2.38. The fourth-order valence-corrected chi connectivity index (χ4v) is 4.90. The third kappa shape index (κ3) is 2.96. The molecule has 0 bridgehead atoms. The number of rotatable bonds is 3. The van der Waals surface area contributed by atoms with Gasteiger partial charge in [0.2, 0.25) is 0 Å². The van der Waals surface area contributed by atoms with Crippen LogP contribution in [0.15, 0.2) is 35.3 Å². The van der Waals surface area contributed by atoms with Crippen LogP contribution in [0.25, 0.3) is 11.0 Å². The van der Waals surface area contributed by atoms with Crippen LogP contribution in [0.5, 0.6) is 0 Å². The van der Waals surface area contributed by atoms with Crippen LogP contribution in [0, 0.1) is 11.8 Å². The van der Waals surface area contributed by atoms with E-state index in [-0.39, 0.29) is 6.61 Å². The molecule has 3 aromatic rings. The van der Waals surface area contributed by atoms with E-state index in [1.807, 2.05) is 18.5 Å². The van der Waals surface area contributed by atoms with Gasteiger partial charge in [0.25, 0.3) is 0 Å². The number of H-pyrrole nitrogens is 1. The molecule has 0 aromatic carbocycles. The first-order chi connectivity index (χ1) is 13.2. The smallest absolute Gasteiger partial charge is 0.142 e. The molecule has 2 aliphatic rings. The van der Waals surface area contributed by atoms with Crippen molar-refractivity contribution in [2.24, 2.45) is 11.8 Å². The van der Waals surface area contributed by atoms with Crippen LogP contribution >= 0.6 is 15.9 Å². The number of pyridine rings is 1. The second-order valence-corrected chi connectivity index (χ2v) is 8.31. The van der Waals surface area contributed by atoms with Gasteiger partial charge in [0.1, 0.15) is 23.6 Å². The summed E-state index contributed by atoms with van der Waals surface area (Å²) in [5.41, 5.74) is 1.77. The molecule has 2 saturated heterocycles. The molecule has 2 atom stereocenters.